The van der Waals surface area contributed by atoms with Crippen LogP contribution in [0.1, 0.15) is 0 Å². The lowest BCUT2D eigenvalue weighted by molar-refractivity contribution is -0.922. The first kappa shape index (κ1) is 16.6. The van der Waals surface area contributed by atoms with E-state index in [1.165, 1.54) is 0 Å². The molecule has 0 aliphatic carbocycles. The topological polar surface area (TPSA) is 36.9 Å². The molecule has 3 aliphatic heterocycles. The highest BCUT2D eigenvalue weighted by atomic mass is 16.6. The van der Waals surface area contributed by atoms with Gasteiger partial charge in [0.2, 0.25) is 0 Å². The quantitative estimate of drug-likeness (QED) is 0.669. The Bertz CT molecular complexity index is 312. The van der Waals surface area contributed by atoms with Gasteiger partial charge in [-0.2, -0.15) is 0 Å². The van der Waals surface area contributed by atoms with Gasteiger partial charge in [0.25, 0.3) is 0 Å². The fraction of sp³-hybridized carbons (Fsp3) is 1.00. The lowest BCUT2D eigenvalue weighted by Gasteiger charge is -2.43. The molecule has 0 spiro atoms. The van der Waals surface area contributed by atoms with Gasteiger partial charge in [-0.15, -0.1) is 0 Å². The molecular formula is C16H32N2O4+2. The van der Waals surface area contributed by atoms with Crippen molar-refractivity contribution in [2.45, 2.75) is 12.2 Å². The molecule has 3 rings (SSSR count). The van der Waals surface area contributed by atoms with E-state index in [1.807, 2.05) is 0 Å². The standard InChI is InChI=1S/C16H32N2O4/c1-17(3-7-19-8-4-17)11-15-13-22-16(14-21-15)12-18(2)5-9-20-10-6-18/h15-16H,3-14H2,1-2H3/q+2/t15-,16+. The molecule has 3 aliphatic rings. The third-order valence-corrected chi connectivity index (χ3v) is 5.43. The Kier molecular flexibility index (Phi) is 5.37. The van der Waals surface area contributed by atoms with Crippen molar-refractivity contribution in [3.63, 3.8) is 0 Å². The molecule has 0 aromatic carbocycles. The monoisotopic (exact) mass is 316 g/mol. The first-order chi connectivity index (χ1) is 10.6. The third-order valence-electron chi connectivity index (χ3n) is 5.43. The SMILES string of the molecule is C[N+]1(C[C@H]2CO[C@H](C[N+]3(C)CCOCC3)CO2)CCOCC1. The van der Waals surface area contributed by atoms with E-state index < -0.39 is 0 Å². The molecule has 0 bridgehead atoms. The lowest BCUT2D eigenvalue weighted by Crippen LogP contribution is -2.59. The number of nitrogens with zero attached hydrogens (tertiary/aromatic N) is 2. The third kappa shape index (κ3) is 4.40. The van der Waals surface area contributed by atoms with Crippen LogP contribution >= 0.6 is 0 Å². The van der Waals surface area contributed by atoms with Gasteiger partial charge in [-0.05, 0) is 0 Å². The number of ether oxygens (including phenoxy) is 4. The molecule has 0 radical (unpaired) electrons. The van der Waals surface area contributed by atoms with E-state index >= 15 is 0 Å². The maximum atomic E-state index is 6.12. The van der Waals surface area contributed by atoms with Gasteiger partial charge in [0.05, 0.1) is 53.7 Å². The van der Waals surface area contributed by atoms with E-state index in [2.05, 4.69) is 14.1 Å². The highest BCUT2D eigenvalue weighted by Gasteiger charge is 2.36. The minimum Gasteiger partial charge on any atom is -0.370 e. The van der Waals surface area contributed by atoms with Crippen LogP contribution in [0.2, 0.25) is 0 Å². The Hall–Kier alpha value is -0.240. The summed E-state index contributed by atoms with van der Waals surface area (Å²) in [5.74, 6) is 0. The lowest BCUT2D eigenvalue weighted by atomic mass is 10.2. The average Bonchev–Trinajstić information content (AvgIpc) is 2.50. The summed E-state index contributed by atoms with van der Waals surface area (Å²) >= 11 is 0. The summed E-state index contributed by atoms with van der Waals surface area (Å²) in [7, 11) is 4.61. The molecule has 3 fully saturated rings. The number of likely N-dealkylation sites (N-methyl/N-ethyl adjacent to an activating group) is 2. The summed E-state index contributed by atoms with van der Waals surface area (Å²) in [6.45, 7) is 11.3. The Balaban J connectivity index is 1.42. The first-order valence-corrected chi connectivity index (χ1v) is 8.63. The van der Waals surface area contributed by atoms with E-state index in [4.69, 9.17) is 18.9 Å². The van der Waals surface area contributed by atoms with Crippen molar-refractivity contribution in [2.24, 2.45) is 0 Å². The van der Waals surface area contributed by atoms with Gasteiger partial charge in [-0.25, -0.2) is 0 Å². The second-order valence-electron chi connectivity index (χ2n) is 7.63. The molecule has 2 atom stereocenters. The highest BCUT2D eigenvalue weighted by molar-refractivity contribution is 4.69. The van der Waals surface area contributed by atoms with Crippen LogP contribution < -0.4 is 0 Å². The van der Waals surface area contributed by atoms with Crippen molar-refractivity contribution in [1.29, 1.82) is 0 Å². The fourth-order valence-corrected chi connectivity index (χ4v) is 3.71. The van der Waals surface area contributed by atoms with Gasteiger partial charge < -0.3 is 27.9 Å². The molecule has 0 unspecified atom stereocenters. The Morgan fingerprint density at radius 1 is 0.682 bits per heavy atom. The summed E-state index contributed by atoms with van der Waals surface area (Å²) in [4.78, 5) is 0. The number of rotatable bonds is 4. The van der Waals surface area contributed by atoms with E-state index in [0.29, 0.717) is 0 Å². The van der Waals surface area contributed by atoms with Gasteiger partial charge in [0.15, 0.2) is 0 Å². The van der Waals surface area contributed by atoms with Crippen LogP contribution in [0.4, 0.5) is 0 Å². The average molecular weight is 316 g/mol. The van der Waals surface area contributed by atoms with Crippen LogP contribution in [-0.2, 0) is 18.9 Å². The minimum absolute atomic E-state index is 0.231. The minimum atomic E-state index is 0.231. The van der Waals surface area contributed by atoms with Crippen LogP contribution in [0.3, 0.4) is 0 Å². The van der Waals surface area contributed by atoms with Gasteiger partial charge in [0.1, 0.15) is 51.5 Å². The van der Waals surface area contributed by atoms with Crippen LogP contribution in [0.15, 0.2) is 0 Å². The zero-order valence-corrected chi connectivity index (χ0v) is 14.2. The Morgan fingerprint density at radius 2 is 1.05 bits per heavy atom. The fourth-order valence-electron chi connectivity index (χ4n) is 3.71. The smallest absolute Gasteiger partial charge is 0.130 e. The van der Waals surface area contributed by atoms with Gasteiger partial charge in [-0.1, -0.05) is 0 Å². The second kappa shape index (κ2) is 7.11. The van der Waals surface area contributed by atoms with Crippen LogP contribution in [0.5, 0.6) is 0 Å². The molecule has 128 valence electrons. The van der Waals surface area contributed by atoms with E-state index in [-0.39, 0.29) is 12.2 Å². The van der Waals surface area contributed by atoms with Crippen molar-refractivity contribution in [3.8, 4) is 0 Å². The Morgan fingerprint density at radius 3 is 1.36 bits per heavy atom. The van der Waals surface area contributed by atoms with Crippen LogP contribution in [0.25, 0.3) is 0 Å². The zero-order chi connectivity index (χ0) is 15.5. The molecule has 0 saturated carbocycles. The van der Waals surface area contributed by atoms with Gasteiger partial charge >= 0.3 is 0 Å². The van der Waals surface area contributed by atoms with Crippen LogP contribution in [0, 0.1) is 0 Å². The van der Waals surface area contributed by atoms with Crippen molar-refractivity contribution in [3.05, 3.63) is 0 Å². The van der Waals surface area contributed by atoms with E-state index in [1.54, 1.807) is 0 Å². The molecular weight excluding hydrogens is 284 g/mol. The van der Waals surface area contributed by atoms with Gasteiger partial charge in [0, 0.05) is 0 Å². The molecule has 0 N–H and O–H groups in total. The maximum Gasteiger partial charge on any atom is 0.130 e. The van der Waals surface area contributed by atoms with Crippen molar-refractivity contribution >= 4 is 0 Å². The number of quaternary nitrogens is 2. The molecule has 6 nitrogen and oxygen atoms in total. The molecule has 6 heteroatoms. The summed E-state index contributed by atoms with van der Waals surface area (Å²) in [6.07, 6.45) is 0.462. The van der Waals surface area contributed by atoms with E-state index in [0.717, 1.165) is 87.9 Å². The predicted octanol–water partition coefficient (Wildman–Crippen LogP) is -0.276. The molecule has 0 aromatic heterocycles. The summed E-state index contributed by atoms with van der Waals surface area (Å²) in [5, 5.41) is 0. The largest absolute Gasteiger partial charge is 0.370 e. The summed E-state index contributed by atoms with van der Waals surface area (Å²) < 4.78 is 25.3. The number of hydrogen-bond donors (Lipinski definition) is 0. The van der Waals surface area contributed by atoms with Crippen LogP contribution in [-0.4, -0.2) is 114 Å². The van der Waals surface area contributed by atoms with E-state index in [9.17, 15) is 0 Å². The Labute approximate surface area is 134 Å². The molecule has 0 amide bonds. The molecule has 3 heterocycles. The van der Waals surface area contributed by atoms with Crippen molar-refractivity contribution in [1.82, 2.24) is 0 Å². The predicted molar refractivity (Wildman–Crippen MR) is 82.7 cm³/mol. The molecule has 3 saturated heterocycles. The normalized spacial score (nSPS) is 35.2. The van der Waals surface area contributed by atoms with Crippen molar-refractivity contribution < 1.29 is 27.9 Å². The molecule has 22 heavy (non-hydrogen) atoms. The first-order valence-electron chi connectivity index (χ1n) is 8.63. The summed E-state index contributed by atoms with van der Waals surface area (Å²) in [5.41, 5.74) is 0. The second-order valence-corrected chi connectivity index (χ2v) is 7.63. The molecule has 0 aromatic rings. The summed E-state index contributed by atoms with van der Waals surface area (Å²) in [6, 6.07) is 0. The number of morpholine rings is 2. The number of hydrogen-bond acceptors (Lipinski definition) is 4. The zero-order valence-electron chi connectivity index (χ0n) is 14.2. The maximum absolute atomic E-state index is 6.12. The highest BCUT2D eigenvalue weighted by Crippen LogP contribution is 2.17. The van der Waals surface area contributed by atoms with Gasteiger partial charge in [-0.3, -0.25) is 0 Å². The van der Waals surface area contributed by atoms with Crippen molar-refractivity contribution in [2.75, 3.05) is 93.0 Å².